The van der Waals surface area contributed by atoms with Gasteiger partial charge in [-0.05, 0) is 28.4 Å². The fraction of sp³-hybridized carbons (Fsp3) is 0.357. The monoisotopic (exact) mass is 368 g/mol. The number of pyridine rings is 1. The number of amides is 1. The summed E-state index contributed by atoms with van der Waals surface area (Å²) in [6.45, 7) is 3.41. The summed E-state index contributed by atoms with van der Waals surface area (Å²) in [7, 11) is 0. The van der Waals surface area contributed by atoms with Crippen molar-refractivity contribution in [1.82, 2.24) is 15.3 Å². The van der Waals surface area contributed by atoms with Gasteiger partial charge in [0.1, 0.15) is 5.82 Å². The quantitative estimate of drug-likeness (QED) is 0.787. The Kier molecular flexibility index (Phi) is 6.13. The first-order valence-corrected chi connectivity index (χ1v) is 8.49. The first-order chi connectivity index (χ1) is 10.2. The predicted molar refractivity (Wildman–Crippen MR) is 88.9 cm³/mol. The van der Waals surface area contributed by atoms with Gasteiger partial charge >= 0.3 is 0 Å². The average molecular weight is 369 g/mol. The average Bonchev–Trinajstić information content (AvgIpc) is 2.99. The second-order valence-electron chi connectivity index (χ2n) is 4.46. The summed E-state index contributed by atoms with van der Waals surface area (Å²) in [5.41, 5.74) is 3.34. The van der Waals surface area contributed by atoms with E-state index >= 15 is 0 Å². The highest BCUT2D eigenvalue weighted by atomic mass is 79.9. The van der Waals surface area contributed by atoms with Crippen LogP contribution < -0.4 is 10.6 Å². The van der Waals surface area contributed by atoms with Gasteiger partial charge in [-0.1, -0.05) is 6.92 Å². The maximum Gasteiger partial charge on any atom is 0.255 e. The Morgan fingerprint density at radius 1 is 1.38 bits per heavy atom. The molecule has 2 N–H and O–H groups in total. The topological polar surface area (TPSA) is 66.9 Å². The molecule has 112 valence electrons. The number of carbonyl (C=O) groups excluding carboxylic acids is 1. The summed E-state index contributed by atoms with van der Waals surface area (Å²) in [6.07, 6.45) is 3.39. The molecule has 1 amide bonds. The van der Waals surface area contributed by atoms with E-state index in [4.69, 9.17) is 0 Å². The molecule has 0 aliphatic heterocycles. The maximum absolute atomic E-state index is 12.3. The lowest BCUT2D eigenvalue weighted by Crippen LogP contribution is -2.27. The van der Waals surface area contributed by atoms with Crippen LogP contribution in [0.25, 0.3) is 0 Å². The van der Waals surface area contributed by atoms with Gasteiger partial charge in [0.2, 0.25) is 0 Å². The van der Waals surface area contributed by atoms with Crippen LogP contribution in [0.2, 0.25) is 0 Å². The van der Waals surface area contributed by atoms with Crippen molar-refractivity contribution in [3.05, 3.63) is 38.9 Å². The summed E-state index contributed by atoms with van der Waals surface area (Å²) < 4.78 is 0.786. The highest BCUT2D eigenvalue weighted by Crippen LogP contribution is 2.18. The van der Waals surface area contributed by atoms with Crippen LogP contribution in [0.4, 0.5) is 5.82 Å². The Labute approximate surface area is 136 Å². The Hall–Kier alpha value is -1.47. The van der Waals surface area contributed by atoms with E-state index in [2.05, 4.69) is 43.5 Å². The van der Waals surface area contributed by atoms with E-state index in [1.54, 1.807) is 29.1 Å². The van der Waals surface area contributed by atoms with Gasteiger partial charge in [0.15, 0.2) is 0 Å². The summed E-state index contributed by atoms with van der Waals surface area (Å²) in [6, 6.07) is 1.78. The van der Waals surface area contributed by atoms with Crippen LogP contribution >= 0.6 is 27.3 Å². The fourth-order valence-corrected chi connectivity index (χ4v) is 2.68. The van der Waals surface area contributed by atoms with Gasteiger partial charge in [-0.2, -0.15) is 0 Å². The van der Waals surface area contributed by atoms with Gasteiger partial charge in [0, 0.05) is 35.6 Å². The van der Waals surface area contributed by atoms with Crippen molar-refractivity contribution >= 4 is 39.0 Å². The molecular formula is C14H17BrN4OS. The molecule has 0 fully saturated rings. The number of hydrogen-bond donors (Lipinski definition) is 2. The predicted octanol–water partition coefficient (Wildman–Crippen LogP) is 3.10. The third kappa shape index (κ3) is 4.78. The van der Waals surface area contributed by atoms with Crippen LogP contribution in [-0.4, -0.2) is 29.0 Å². The molecule has 2 rings (SSSR count). The number of nitrogens with zero attached hydrogens (tertiary/aromatic N) is 2. The minimum atomic E-state index is -0.127. The van der Waals surface area contributed by atoms with E-state index < -0.39 is 0 Å². The summed E-state index contributed by atoms with van der Waals surface area (Å²) in [5.74, 6) is 0.490. The molecule has 2 heterocycles. The van der Waals surface area contributed by atoms with E-state index in [-0.39, 0.29) is 5.91 Å². The Morgan fingerprint density at radius 2 is 2.24 bits per heavy atom. The van der Waals surface area contributed by atoms with Crippen LogP contribution in [0.15, 0.2) is 27.6 Å². The number of anilines is 1. The molecule has 0 saturated heterocycles. The summed E-state index contributed by atoms with van der Waals surface area (Å²) in [4.78, 5) is 20.7. The Balaban J connectivity index is 1.98. The second kappa shape index (κ2) is 8.09. The highest BCUT2D eigenvalue weighted by Gasteiger charge is 2.13. The third-order valence-electron chi connectivity index (χ3n) is 2.79. The molecule has 0 aromatic carbocycles. The molecule has 0 atom stereocenters. The van der Waals surface area contributed by atoms with Crippen molar-refractivity contribution in [3.63, 3.8) is 0 Å². The van der Waals surface area contributed by atoms with Crippen LogP contribution in [0.3, 0.4) is 0 Å². The molecule has 0 radical (unpaired) electrons. The zero-order chi connectivity index (χ0) is 15.1. The lowest BCUT2D eigenvalue weighted by Gasteiger charge is -2.11. The number of hydrogen-bond acceptors (Lipinski definition) is 5. The van der Waals surface area contributed by atoms with Crippen molar-refractivity contribution in [2.45, 2.75) is 19.8 Å². The third-order valence-corrected chi connectivity index (χ3v) is 3.86. The van der Waals surface area contributed by atoms with Gasteiger partial charge in [-0.25, -0.2) is 9.97 Å². The van der Waals surface area contributed by atoms with E-state index in [1.807, 2.05) is 5.38 Å². The molecule has 0 unspecified atom stereocenters. The summed E-state index contributed by atoms with van der Waals surface area (Å²) >= 11 is 4.91. The summed E-state index contributed by atoms with van der Waals surface area (Å²) in [5, 5.41) is 8.06. The fourth-order valence-electron chi connectivity index (χ4n) is 1.76. The number of thiazole rings is 1. The lowest BCUT2D eigenvalue weighted by atomic mass is 10.2. The van der Waals surface area contributed by atoms with Gasteiger partial charge in [0.25, 0.3) is 5.91 Å². The molecule has 5 nitrogen and oxygen atoms in total. The molecule has 7 heteroatoms. The van der Waals surface area contributed by atoms with Gasteiger partial charge in [-0.3, -0.25) is 4.79 Å². The van der Waals surface area contributed by atoms with Crippen molar-refractivity contribution in [2.24, 2.45) is 0 Å². The zero-order valence-electron chi connectivity index (χ0n) is 11.7. The van der Waals surface area contributed by atoms with Crippen molar-refractivity contribution in [3.8, 4) is 0 Å². The van der Waals surface area contributed by atoms with E-state index in [9.17, 15) is 4.79 Å². The Morgan fingerprint density at radius 3 is 2.95 bits per heavy atom. The van der Waals surface area contributed by atoms with Gasteiger partial charge < -0.3 is 10.6 Å². The first kappa shape index (κ1) is 15.9. The minimum absolute atomic E-state index is 0.127. The molecule has 0 bridgehead atoms. The van der Waals surface area contributed by atoms with Crippen molar-refractivity contribution in [1.29, 1.82) is 0 Å². The minimum Gasteiger partial charge on any atom is -0.369 e. The largest absolute Gasteiger partial charge is 0.369 e. The van der Waals surface area contributed by atoms with Crippen molar-refractivity contribution < 1.29 is 4.79 Å². The maximum atomic E-state index is 12.3. The van der Waals surface area contributed by atoms with Gasteiger partial charge in [-0.15, -0.1) is 11.3 Å². The smallest absolute Gasteiger partial charge is 0.255 e. The molecular weight excluding hydrogens is 352 g/mol. The highest BCUT2D eigenvalue weighted by molar-refractivity contribution is 9.10. The van der Waals surface area contributed by atoms with Crippen LogP contribution in [0.5, 0.6) is 0 Å². The second-order valence-corrected chi connectivity index (χ2v) is 6.10. The molecule has 0 aliphatic rings. The number of halogens is 1. The number of aromatic nitrogens is 2. The molecule has 0 aliphatic carbocycles. The van der Waals surface area contributed by atoms with Gasteiger partial charge in [0.05, 0.1) is 16.8 Å². The SMILES string of the molecule is CCCNc1ncc(Br)cc1C(=O)NCCc1cscn1. The van der Waals surface area contributed by atoms with Crippen molar-refractivity contribution in [2.75, 3.05) is 18.4 Å². The van der Waals surface area contributed by atoms with E-state index in [0.717, 1.165) is 29.6 Å². The van der Waals surface area contributed by atoms with E-state index in [1.165, 1.54) is 0 Å². The standard InChI is InChI=1S/C14H17BrN4OS/c1-2-4-16-13-12(6-10(15)7-18-13)14(20)17-5-3-11-8-21-9-19-11/h6-9H,2-5H2,1H3,(H,16,18)(H,17,20). The number of carbonyl (C=O) groups is 1. The van der Waals surface area contributed by atoms with Crippen LogP contribution in [0.1, 0.15) is 29.4 Å². The normalized spacial score (nSPS) is 10.4. The number of nitrogens with one attached hydrogen (secondary N) is 2. The number of rotatable bonds is 7. The Bertz CT molecular complexity index is 589. The molecule has 0 spiro atoms. The molecule has 2 aromatic rings. The molecule has 2 aromatic heterocycles. The van der Waals surface area contributed by atoms with Crippen LogP contribution in [-0.2, 0) is 6.42 Å². The molecule has 21 heavy (non-hydrogen) atoms. The zero-order valence-corrected chi connectivity index (χ0v) is 14.1. The lowest BCUT2D eigenvalue weighted by molar-refractivity contribution is 0.0954. The molecule has 0 saturated carbocycles. The van der Waals surface area contributed by atoms with E-state index in [0.29, 0.717) is 17.9 Å². The van der Waals surface area contributed by atoms with Crippen LogP contribution in [0, 0.1) is 0 Å². The first-order valence-electron chi connectivity index (χ1n) is 6.75.